The smallest absolute Gasteiger partial charge is 0.238 e. The Kier molecular flexibility index (Phi) is 4.12. The van der Waals surface area contributed by atoms with Crippen molar-refractivity contribution in [2.75, 3.05) is 21.2 Å². The standard InChI is InChI=1S/C11H16N2O2/c1-13(2)12-11(14)8-9-4-6-10(15-3)7-5-9/h4-7H,8H2,1-3H3,(H,12,14). The third kappa shape index (κ3) is 3.99. The van der Waals surface area contributed by atoms with Gasteiger partial charge in [-0.1, -0.05) is 12.1 Å². The number of hydrogen-bond donors (Lipinski definition) is 1. The quantitative estimate of drug-likeness (QED) is 0.745. The molecule has 0 unspecified atom stereocenters. The number of nitrogens with one attached hydrogen (secondary N) is 1. The van der Waals surface area contributed by atoms with Gasteiger partial charge in [-0.15, -0.1) is 0 Å². The molecule has 0 atom stereocenters. The number of carbonyl (C=O) groups is 1. The average Bonchev–Trinajstić information content (AvgIpc) is 2.17. The minimum atomic E-state index is -0.0230. The van der Waals surface area contributed by atoms with E-state index in [-0.39, 0.29) is 5.91 Å². The Morgan fingerprint density at radius 2 is 1.93 bits per heavy atom. The highest BCUT2D eigenvalue weighted by Gasteiger charge is 2.03. The molecule has 1 aromatic rings. The molecular formula is C11H16N2O2. The molecule has 82 valence electrons. The van der Waals surface area contributed by atoms with E-state index in [0.29, 0.717) is 6.42 Å². The molecule has 4 heteroatoms. The molecule has 4 nitrogen and oxygen atoms in total. The average molecular weight is 208 g/mol. The van der Waals surface area contributed by atoms with E-state index in [1.54, 1.807) is 26.2 Å². The molecule has 0 radical (unpaired) electrons. The highest BCUT2D eigenvalue weighted by molar-refractivity contribution is 5.78. The van der Waals surface area contributed by atoms with Crippen LogP contribution in [0.4, 0.5) is 0 Å². The predicted molar refractivity (Wildman–Crippen MR) is 58.5 cm³/mol. The zero-order chi connectivity index (χ0) is 11.3. The fourth-order valence-corrected chi connectivity index (χ4v) is 1.22. The Labute approximate surface area is 89.8 Å². The Balaban J connectivity index is 2.53. The van der Waals surface area contributed by atoms with Gasteiger partial charge < -0.3 is 4.74 Å². The van der Waals surface area contributed by atoms with Crippen LogP contribution in [0.1, 0.15) is 5.56 Å². The number of hydrogen-bond acceptors (Lipinski definition) is 3. The lowest BCUT2D eigenvalue weighted by Crippen LogP contribution is -2.37. The summed E-state index contributed by atoms with van der Waals surface area (Å²) in [7, 11) is 5.19. The lowest BCUT2D eigenvalue weighted by atomic mass is 10.1. The molecule has 1 N–H and O–H groups in total. The first kappa shape index (κ1) is 11.5. The SMILES string of the molecule is COc1ccc(CC(=O)NN(C)C)cc1. The van der Waals surface area contributed by atoms with Gasteiger partial charge in [0.15, 0.2) is 0 Å². The van der Waals surface area contributed by atoms with Gasteiger partial charge in [0.1, 0.15) is 5.75 Å². The van der Waals surface area contributed by atoms with Crippen molar-refractivity contribution < 1.29 is 9.53 Å². The van der Waals surface area contributed by atoms with Crippen molar-refractivity contribution in [1.29, 1.82) is 0 Å². The predicted octanol–water partition coefficient (Wildman–Crippen LogP) is 0.830. The molecule has 1 rings (SSSR count). The van der Waals surface area contributed by atoms with E-state index >= 15 is 0 Å². The summed E-state index contributed by atoms with van der Waals surface area (Å²) in [5, 5.41) is 1.63. The summed E-state index contributed by atoms with van der Waals surface area (Å²) in [6.07, 6.45) is 0.377. The monoisotopic (exact) mass is 208 g/mol. The maximum Gasteiger partial charge on any atom is 0.238 e. The van der Waals surface area contributed by atoms with Crippen LogP contribution in [0.15, 0.2) is 24.3 Å². The second-order valence-corrected chi connectivity index (χ2v) is 3.45. The van der Waals surface area contributed by atoms with Crippen LogP contribution in [-0.4, -0.2) is 32.1 Å². The van der Waals surface area contributed by atoms with Gasteiger partial charge in [-0.25, -0.2) is 5.01 Å². The fourth-order valence-electron chi connectivity index (χ4n) is 1.22. The van der Waals surface area contributed by atoms with Crippen molar-refractivity contribution in [3.05, 3.63) is 29.8 Å². The van der Waals surface area contributed by atoms with Crippen LogP contribution >= 0.6 is 0 Å². The summed E-state index contributed by atoms with van der Waals surface area (Å²) in [6.45, 7) is 0. The Morgan fingerprint density at radius 1 is 1.33 bits per heavy atom. The van der Waals surface area contributed by atoms with Gasteiger partial charge >= 0.3 is 0 Å². The van der Waals surface area contributed by atoms with Crippen LogP contribution in [-0.2, 0) is 11.2 Å². The summed E-state index contributed by atoms with van der Waals surface area (Å²) >= 11 is 0. The fraction of sp³-hybridized carbons (Fsp3) is 0.364. The highest BCUT2D eigenvalue weighted by Crippen LogP contribution is 2.11. The maximum atomic E-state index is 11.4. The molecule has 0 aromatic heterocycles. The number of nitrogens with zero attached hydrogens (tertiary/aromatic N) is 1. The third-order valence-electron chi connectivity index (χ3n) is 1.87. The van der Waals surface area contributed by atoms with E-state index in [2.05, 4.69) is 5.43 Å². The van der Waals surface area contributed by atoms with E-state index in [1.807, 2.05) is 24.3 Å². The van der Waals surface area contributed by atoms with Crippen molar-refractivity contribution in [2.24, 2.45) is 0 Å². The van der Waals surface area contributed by atoms with Gasteiger partial charge in [0, 0.05) is 14.1 Å². The van der Waals surface area contributed by atoms with E-state index in [1.165, 1.54) is 0 Å². The molecule has 0 bridgehead atoms. The van der Waals surface area contributed by atoms with Gasteiger partial charge in [-0.05, 0) is 17.7 Å². The normalized spacial score (nSPS) is 10.1. The molecule has 15 heavy (non-hydrogen) atoms. The molecule has 0 saturated carbocycles. The topological polar surface area (TPSA) is 41.6 Å². The Hall–Kier alpha value is -1.55. The molecule has 0 aliphatic heterocycles. The number of methoxy groups -OCH3 is 1. The van der Waals surface area contributed by atoms with Gasteiger partial charge in [0.2, 0.25) is 5.91 Å². The largest absolute Gasteiger partial charge is 0.497 e. The minimum Gasteiger partial charge on any atom is -0.497 e. The van der Waals surface area contributed by atoms with Crippen LogP contribution in [0.5, 0.6) is 5.75 Å². The first-order valence-electron chi connectivity index (χ1n) is 4.71. The molecule has 0 heterocycles. The number of amides is 1. The number of ether oxygens (including phenoxy) is 1. The van der Waals surface area contributed by atoms with Crippen LogP contribution < -0.4 is 10.2 Å². The van der Waals surface area contributed by atoms with Gasteiger partial charge in [0.05, 0.1) is 13.5 Å². The van der Waals surface area contributed by atoms with E-state index in [0.717, 1.165) is 11.3 Å². The lowest BCUT2D eigenvalue weighted by molar-refractivity contribution is -0.124. The summed E-state index contributed by atoms with van der Waals surface area (Å²) in [6, 6.07) is 7.46. The van der Waals surface area contributed by atoms with Gasteiger partial charge in [-0.2, -0.15) is 0 Å². The molecular weight excluding hydrogens is 192 g/mol. The van der Waals surface area contributed by atoms with E-state index < -0.39 is 0 Å². The van der Waals surface area contributed by atoms with E-state index in [9.17, 15) is 4.79 Å². The van der Waals surface area contributed by atoms with Crippen molar-refractivity contribution in [3.63, 3.8) is 0 Å². The van der Waals surface area contributed by atoms with Crippen LogP contribution in [0.2, 0.25) is 0 Å². The third-order valence-corrected chi connectivity index (χ3v) is 1.87. The number of carbonyl (C=O) groups excluding carboxylic acids is 1. The molecule has 1 amide bonds. The molecule has 1 aromatic carbocycles. The number of benzene rings is 1. The molecule has 0 aliphatic rings. The van der Waals surface area contributed by atoms with Crippen molar-refractivity contribution in [1.82, 2.24) is 10.4 Å². The number of rotatable bonds is 4. The van der Waals surface area contributed by atoms with E-state index in [4.69, 9.17) is 4.74 Å². The van der Waals surface area contributed by atoms with Crippen molar-refractivity contribution in [3.8, 4) is 5.75 Å². The summed E-state index contributed by atoms with van der Waals surface area (Å²) < 4.78 is 5.03. The van der Waals surface area contributed by atoms with Gasteiger partial charge in [0.25, 0.3) is 0 Å². The summed E-state index contributed by atoms with van der Waals surface area (Å²) in [4.78, 5) is 11.4. The second kappa shape index (κ2) is 5.36. The van der Waals surface area contributed by atoms with Crippen LogP contribution in [0.25, 0.3) is 0 Å². The first-order chi connectivity index (χ1) is 7.11. The molecule has 0 fully saturated rings. The zero-order valence-electron chi connectivity index (χ0n) is 9.28. The van der Waals surface area contributed by atoms with Crippen LogP contribution in [0, 0.1) is 0 Å². The summed E-state index contributed by atoms with van der Waals surface area (Å²) in [5.41, 5.74) is 3.65. The highest BCUT2D eigenvalue weighted by atomic mass is 16.5. The molecule has 0 saturated heterocycles. The van der Waals surface area contributed by atoms with Crippen LogP contribution in [0.3, 0.4) is 0 Å². The minimum absolute atomic E-state index is 0.0230. The Bertz CT molecular complexity index is 320. The number of hydrazine groups is 1. The zero-order valence-corrected chi connectivity index (χ0v) is 9.28. The van der Waals surface area contributed by atoms with Gasteiger partial charge in [-0.3, -0.25) is 10.2 Å². The summed E-state index contributed by atoms with van der Waals surface area (Å²) in [5.74, 6) is 0.775. The van der Waals surface area contributed by atoms with Crippen molar-refractivity contribution in [2.45, 2.75) is 6.42 Å². The molecule has 0 aliphatic carbocycles. The van der Waals surface area contributed by atoms with Crippen molar-refractivity contribution >= 4 is 5.91 Å². The maximum absolute atomic E-state index is 11.4. The lowest BCUT2D eigenvalue weighted by Gasteiger charge is -2.11. The Morgan fingerprint density at radius 3 is 2.40 bits per heavy atom. The second-order valence-electron chi connectivity index (χ2n) is 3.45. The first-order valence-corrected chi connectivity index (χ1v) is 4.71. The molecule has 0 spiro atoms.